The Labute approximate surface area is 129 Å². The van der Waals surface area contributed by atoms with Crippen LogP contribution >= 0.6 is 15.9 Å². The van der Waals surface area contributed by atoms with Crippen molar-refractivity contribution < 1.29 is 4.79 Å². The van der Waals surface area contributed by atoms with Gasteiger partial charge in [-0.3, -0.25) is 4.79 Å². The van der Waals surface area contributed by atoms with Gasteiger partial charge in [-0.2, -0.15) is 0 Å². The minimum absolute atomic E-state index is 0.0210. The summed E-state index contributed by atoms with van der Waals surface area (Å²) in [7, 11) is 0. The molecule has 0 aromatic heterocycles. The number of hydrogen-bond donors (Lipinski definition) is 2. The van der Waals surface area contributed by atoms with Crippen LogP contribution in [0, 0.1) is 5.92 Å². The van der Waals surface area contributed by atoms with Gasteiger partial charge in [-0.25, -0.2) is 0 Å². The SMILES string of the molecule is CC1CCCC(N)(C(=O)NC(C)c2ccccc2Br)C1. The van der Waals surface area contributed by atoms with Crippen LogP contribution < -0.4 is 11.1 Å². The number of carbonyl (C=O) groups excluding carboxylic acids is 1. The summed E-state index contributed by atoms with van der Waals surface area (Å²) < 4.78 is 1.01. The number of hydrogen-bond acceptors (Lipinski definition) is 2. The summed E-state index contributed by atoms with van der Waals surface area (Å²) in [5.41, 5.74) is 6.71. The van der Waals surface area contributed by atoms with Gasteiger partial charge in [0.25, 0.3) is 0 Å². The maximum absolute atomic E-state index is 12.5. The largest absolute Gasteiger partial charge is 0.348 e. The van der Waals surface area contributed by atoms with E-state index in [1.807, 2.05) is 31.2 Å². The van der Waals surface area contributed by atoms with Gasteiger partial charge in [0.15, 0.2) is 0 Å². The predicted octanol–water partition coefficient (Wildman–Crippen LogP) is 3.53. The van der Waals surface area contributed by atoms with Gasteiger partial charge in [0, 0.05) is 4.47 Å². The number of halogens is 1. The lowest BCUT2D eigenvalue weighted by Gasteiger charge is -2.36. The van der Waals surface area contributed by atoms with Crippen LogP contribution in [0.25, 0.3) is 0 Å². The third-order valence-electron chi connectivity index (χ3n) is 4.20. The summed E-state index contributed by atoms with van der Waals surface area (Å²) in [6, 6.07) is 7.90. The van der Waals surface area contributed by atoms with Gasteiger partial charge in [0.05, 0.1) is 11.6 Å². The Kier molecular flexibility index (Phi) is 4.86. The van der Waals surface area contributed by atoms with E-state index in [0.29, 0.717) is 5.92 Å². The maximum atomic E-state index is 12.5. The normalized spacial score (nSPS) is 27.9. The molecule has 1 saturated carbocycles. The van der Waals surface area contributed by atoms with E-state index in [2.05, 4.69) is 28.2 Å². The van der Waals surface area contributed by atoms with Crippen LogP contribution in [-0.4, -0.2) is 11.4 Å². The number of carbonyl (C=O) groups is 1. The van der Waals surface area contributed by atoms with Gasteiger partial charge < -0.3 is 11.1 Å². The highest BCUT2D eigenvalue weighted by atomic mass is 79.9. The summed E-state index contributed by atoms with van der Waals surface area (Å²) in [6.45, 7) is 4.17. The minimum atomic E-state index is -0.701. The molecule has 1 aliphatic carbocycles. The molecule has 0 spiro atoms. The standard InChI is InChI=1S/C16H23BrN2O/c1-11-6-5-9-16(18,10-11)15(20)19-12(2)13-7-3-4-8-14(13)17/h3-4,7-8,11-12H,5-6,9-10,18H2,1-2H3,(H,19,20). The average Bonchev–Trinajstić information content (AvgIpc) is 2.38. The molecular formula is C16H23BrN2O. The Hall–Kier alpha value is -0.870. The first-order valence-electron chi connectivity index (χ1n) is 7.26. The zero-order valence-corrected chi connectivity index (χ0v) is 13.7. The zero-order chi connectivity index (χ0) is 14.8. The molecule has 2 rings (SSSR count). The van der Waals surface area contributed by atoms with Crippen LogP contribution in [-0.2, 0) is 4.79 Å². The van der Waals surface area contributed by atoms with E-state index in [1.54, 1.807) is 0 Å². The van der Waals surface area contributed by atoms with E-state index in [4.69, 9.17) is 5.73 Å². The maximum Gasteiger partial charge on any atom is 0.240 e. The first kappa shape index (κ1) is 15.5. The fourth-order valence-corrected chi connectivity index (χ4v) is 3.67. The molecule has 0 aliphatic heterocycles. The Morgan fingerprint density at radius 1 is 1.50 bits per heavy atom. The molecule has 0 bridgehead atoms. The van der Waals surface area contributed by atoms with Crippen molar-refractivity contribution in [3.8, 4) is 0 Å². The number of nitrogens with one attached hydrogen (secondary N) is 1. The number of benzene rings is 1. The smallest absolute Gasteiger partial charge is 0.240 e. The van der Waals surface area contributed by atoms with Gasteiger partial charge in [-0.05, 0) is 37.3 Å². The van der Waals surface area contributed by atoms with Crippen molar-refractivity contribution >= 4 is 21.8 Å². The predicted molar refractivity (Wildman–Crippen MR) is 85.3 cm³/mol. The van der Waals surface area contributed by atoms with Crippen molar-refractivity contribution in [1.29, 1.82) is 0 Å². The minimum Gasteiger partial charge on any atom is -0.348 e. The molecule has 3 N–H and O–H groups in total. The van der Waals surface area contributed by atoms with Gasteiger partial charge in [-0.15, -0.1) is 0 Å². The molecule has 20 heavy (non-hydrogen) atoms. The van der Waals surface area contributed by atoms with Crippen LogP contribution in [0.4, 0.5) is 0 Å². The fourth-order valence-electron chi connectivity index (χ4n) is 3.04. The third-order valence-corrected chi connectivity index (χ3v) is 4.93. The summed E-state index contributed by atoms with van der Waals surface area (Å²) in [4.78, 5) is 12.5. The lowest BCUT2D eigenvalue weighted by molar-refractivity contribution is -0.128. The molecule has 0 radical (unpaired) electrons. The molecule has 4 heteroatoms. The van der Waals surface area contributed by atoms with E-state index in [0.717, 1.165) is 29.3 Å². The molecule has 1 amide bonds. The summed E-state index contributed by atoms with van der Waals surface area (Å²) in [6.07, 6.45) is 3.77. The molecule has 1 aromatic carbocycles. The highest BCUT2D eigenvalue weighted by Crippen LogP contribution is 2.31. The molecule has 3 nitrogen and oxygen atoms in total. The van der Waals surface area contributed by atoms with E-state index in [1.165, 1.54) is 6.42 Å². The van der Waals surface area contributed by atoms with Crippen LogP contribution in [0.5, 0.6) is 0 Å². The third kappa shape index (κ3) is 3.41. The second kappa shape index (κ2) is 6.27. The first-order chi connectivity index (χ1) is 9.42. The van der Waals surface area contributed by atoms with Crippen LogP contribution in [0.15, 0.2) is 28.7 Å². The molecule has 0 heterocycles. The lowest BCUT2D eigenvalue weighted by Crippen LogP contribution is -2.56. The van der Waals surface area contributed by atoms with E-state index < -0.39 is 5.54 Å². The van der Waals surface area contributed by atoms with Crippen LogP contribution in [0.1, 0.15) is 51.1 Å². The van der Waals surface area contributed by atoms with E-state index in [-0.39, 0.29) is 11.9 Å². The Morgan fingerprint density at radius 3 is 2.85 bits per heavy atom. The molecule has 1 fully saturated rings. The number of nitrogens with two attached hydrogens (primary N) is 1. The average molecular weight is 339 g/mol. The molecular weight excluding hydrogens is 316 g/mol. The highest BCUT2D eigenvalue weighted by Gasteiger charge is 2.38. The lowest BCUT2D eigenvalue weighted by atomic mass is 9.76. The molecule has 3 unspecified atom stereocenters. The highest BCUT2D eigenvalue weighted by molar-refractivity contribution is 9.10. The van der Waals surface area contributed by atoms with E-state index >= 15 is 0 Å². The van der Waals surface area contributed by atoms with E-state index in [9.17, 15) is 4.79 Å². The topological polar surface area (TPSA) is 55.1 Å². The Bertz CT molecular complexity index is 491. The zero-order valence-electron chi connectivity index (χ0n) is 12.2. The van der Waals surface area contributed by atoms with Crippen molar-refractivity contribution in [3.63, 3.8) is 0 Å². The molecule has 3 atom stereocenters. The van der Waals surface area contributed by atoms with Crippen molar-refractivity contribution in [2.75, 3.05) is 0 Å². The van der Waals surface area contributed by atoms with Gasteiger partial charge >= 0.3 is 0 Å². The summed E-state index contributed by atoms with van der Waals surface area (Å²) >= 11 is 3.52. The van der Waals surface area contributed by atoms with Crippen molar-refractivity contribution in [2.24, 2.45) is 11.7 Å². The Balaban J connectivity index is 2.06. The monoisotopic (exact) mass is 338 g/mol. The van der Waals surface area contributed by atoms with Gasteiger partial charge in [0.1, 0.15) is 0 Å². The van der Waals surface area contributed by atoms with Gasteiger partial charge in [-0.1, -0.05) is 53.9 Å². The van der Waals surface area contributed by atoms with Crippen molar-refractivity contribution in [1.82, 2.24) is 5.32 Å². The van der Waals surface area contributed by atoms with Crippen LogP contribution in [0.3, 0.4) is 0 Å². The molecule has 110 valence electrons. The van der Waals surface area contributed by atoms with Crippen LogP contribution in [0.2, 0.25) is 0 Å². The molecule has 1 aromatic rings. The van der Waals surface area contributed by atoms with Gasteiger partial charge in [0.2, 0.25) is 5.91 Å². The van der Waals surface area contributed by atoms with Crippen molar-refractivity contribution in [3.05, 3.63) is 34.3 Å². The second-order valence-electron chi connectivity index (χ2n) is 6.07. The summed E-state index contributed by atoms with van der Waals surface area (Å²) in [5.74, 6) is 0.505. The Morgan fingerprint density at radius 2 is 2.20 bits per heavy atom. The van der Waals surface area contributed by atoms with Crippen molar-refractivity contribution in [2.45, 2.75) is 51.1 Å². The number of amides is 1. The molecule has 0 saturated heterocycles. The fraction of sp³-hybridized carbons (Fsp3) is 0.562. The summed E-state index contributed by atoms with van der Waals surface area (Å²) in [5, 5.41) is 3.07. The quantitative estimate of drug-likeness (QED) is 0.885. The second-order valence-corrected chi connectivity index (χ2v) is 6.93. The molecule has 1 aliphatic rings. The number of rotatable bonds is 3. The first-order valence-corrected chi connectivity index (χ1v) is 8.06.